The number of benzene rings is 1. The van der Waals surface area contributed by atoms with E-state index in [1.807, 2.05) is 50.6 Å². The molecule has 32 heavy (non-hydrogen) atoms. The van der Waals surface area contributed by atoms with Gasteiger partial charge < -0.3 is 14.2 Å². The number of rotatable bonds is 9. The minimum Gasteiger partial charge on any atom is -0.477 e. The summed E-state index contributed by atoms with van der Waals surface area (Å²) in [5.41, 5.74) is 1.52. The van der Waals surface area contributed by atoms with E-state index in [1.165, 1.54) is 0 Å². The van der Waals surface area contributed by atoms with Crippen molar-refractivity contribution in [2.75, 3.05) is 19.8 Å². The maximum atomic E-state index is 11.8. The molecular weight excluding hydrogens is 472 g/mol. The molecule has 176 valence electrons. The van der Waals surface area contributed by atoms with E-state index in [-0.39, 0.29) is 12.6 Å². The molecule has 1 fully saturated rings. The number of hydrogen-bond acceptors (Lipinski definition) is 5. The number of hydrogen-bond donors (Lipinski definition) is 0. The van der Waals surface area contributed by atoms with E-state index >= 15 is 0 Å². The van der Waals surface area contributed by atoms with Crippen LogP contribution in [0.25, 0.3) is 11.3 Å². The van der Waals surface area contributed by atoms with Gasteiger partial charge in [-0.2, -0.15) is 5.10 Å². The van der Waals surface area contributed by atoms with Crippen molar-refractivity contribution in [2.24, 2.45) is 11.8 Å². The first-order valence-electron chi connectivity index (χ1n) is 11.5. The Morgan fingerprint density at radius 3 is 2.41 bits per heavy atom. The molecular formula is C25H35BrN2O4. The van der Waals surface area contributed by atoms with Crippen molar-refractivity contribution < 1.29 is 19.0 Å². The van der Waals surface area contributed by atoms with Gasteiger partial charge in [0.2, 0.25) is 5.88 Å². The number of esters is 1. The third kappa shape index (κ3) is 7.07. The van der Waals surface area contributed by atoms with Crippen LogP contribution in [0.5, 0.6) is 5.88 Å². The van der Waals surface area contributed by atoms with E-state index in [9.17, 15) is 4.79 Å². The monoisotopic (exact) mass is 506 g/mol. The summed E-state index contributed by atoms with van der Waals surface area (Å²) >= 11 is 3.71. The van der Waals surface area contributed by atoms with E-state index in [4.69, 9.17) is 19.3 Å². The van der Waals surface area contributed by atoms with Crippen LogP contribution < -0.4 is 4.74 Å². The van der Waals surface area contributed by atoms with Gasteiger partial charge >= 0.3 is 5.97 Å². The van der Waals surface area contributed by atoms with Gasteiger partial charge in [0.05, 0.1) is 13.2 Å². The molecule has 0 saturated heterocycles. The molecule has 0 spiro atoms. The third-order valence-electron chi connectivity index (χ3n) is 5.57. The smallest absolute Gasteiger partial charge is 0.332 e. The predicted molar refractivity (Wildman–Crippen MR) is 129 cm³/mol. The second-order valence-electron chi connectivity index (χ2n) is 9.44. The number of carbonyl (C=O) groups is 1. The molecule has 0 N–H and O–H groups in total. The molecule has 7 heteroatoms. The Balaban J connectivity index is 1.52. The lowest BCUT2D eigenvalue weighted by Gasteiger charge is -2.28. The zero-order valence-electron chi connectivity index (χ0n) is 19.6. The molecule has 2 aromatic rings. The molecule has 0 atom stereocenters. The molecule has 6 nitrogen and oxygen atoms in total. The highest BCUT2D eigenvalue weighted by Gasteiger charge is 2.26. The van der Waals surface area contributed by atoms with Gasteiger partial charge in [0.1, 0.15) is 22.4 Å². The number of ether oxygens (including phenoxy) is 3. The first-order valence-corrected chi connectivity index (χ1v) is 12.3. The zero-order chi connectivity index (χ0) is 23.1. The average Bonchev–Trinajstić information content (AvgIpc) is 3.04. The lowest BCUT2D eigenvalue weighted by molar-refractivity contribution is -0.160. The second kappa shape index (κ2) is 11.3. The van der Waals surface area contributed by atoms with Gasteiger partial charge in [0, 0.05) is 12.1 Å². The summed E-state index contributed by atoms with van der Waals surface area (Å²) in [6.45, 7) is 9.67. The maximum absolute atomic E-state index is 11.8. The van der Waals surface area contributed by atoms with Crippen molar-refractivity contribution in [1.82, 2.24) is 9.78 Å². The summed E-state index contributed by atoms with van der Waals surface area (Å²) in [6.07, 6.45) is 4.42. The molecule has 0 bridgehead atoms. The number of halogens is 1. The molecule has 1 aromatic carbocycles. The van der Waals surface area contributed by atoms with Crippen LogP contribution >= 0.6 is 15.9 Å². The average molecular weight is 507 g/mol. The second-order valence-corrected chi connectivity index (χ2v) is 10.2. The fraction of sp³-hybridized carbons (Fsp3) is 0.600. The van der Waals surface area contributed by atoms with Crippen LogP contribution in [0.1, 0.15) is 53.4 Å². The third-order valence-corrected chi connectivity index (χ3v) is 6.28. The molecule has 0 aliphatic heterocycles. The van der Waals surface area contributed by atoms with Gasteiger partial charge in [0.15, 0.2) is 0 Å². The van der Waals surface area contributed by atoms with Crippen molar-refractivity contribution >= 4 is 21.9 Å². The van der Waals surface area contributed by atoms with Crippen molar-refractivity contribution in [3.05, 3.63) is 34.8 Å². The van der Waals surface area contributed by atoms with Crippen LogP contribution in [-0.2, 0) is 20.8 Å². The summed E-state index contributed by atoms with van der Waals surface area (Å²) in [4.78, 5) is 11.8. The highest BCUT2D eigenvalue weighted by molar-refractivity contribution is 9.10. The lowest BCUT2D eigenvalue weighted by Crippen LogP contribution is -2.28. The minimum absolute atomic E-state index is 0.0263. The Labute approximate surface area is 199 Å². The van der Waals surface area contributed by atoms with Gasteiger partial charge in [-0.15, -0.1) is 0 Å². The summed E-state index contributed by atoms with van der Waals surface area (Å²) in [7, 11) is 0. The molecule has 1 aromatic heterocycles. The Morgan fingerprint density at radius 2 is 1.78 bits per heavy atom. The van der Waals surface area contributed by atoms with E-state index in [2.05, 4.69) is 28.1 Å². The quantitative estimate of drug-likeness (QED) is 0.397. The molecule has 0 radical (unpaired) electrons. The van der Waals surface area contributed by atoms with Crippen LogP contribution in [-0.4, -0.2) is 41.2 Å². The summed E-state index contributed by atoms with van der Waals surface area (Å²) in [5, 5.41) is 4.88. The van der Waals surface area contributed by atoms with Crippen molar-refractivity contribution in [2.45, 2.75) is 65.5 Å². The summed E-state index contributed by atoms with van der Waals surface area (Å²) in [6, 6.07) is 10.2. The Kier molecular flexibility index (Phi) is 8.77. The lowest BCUT2D eigenvalue weighted by atomic mass is 9.82. The highest BCUT2D eigenvalue weighted by Crippen LogP contribution is 2.37. The molecule has 1 heterocycles. The Morgan fingerprint density at radius 1 is 1.12 bits per heavy atom. The van der Waals surface area contributed by atoms with Gasteiger partial charge in [-0.25, -0.2) is 9.48 Å². The summed E-state index contributed by atoms with van der Waals surface area (Å²) < 4.78 is 19.8. The molecule has 3 rings (SSSR count). The first kappa shape index (κ1) is 24.8. The van der Waals surface area contributed by atoms with E-state index in [1.54, 1.807) is 0 Å². The van der Waals surface area contributed by atoms with Crippen molar-refractivity contribution in [1.29, 1.82) is 0 Å². The number of nitrogens with zero attached hydrogens (tertiary/aromatic N) is 2. The molecule has 1 saturated carbocycles. The predicted octanol–water partition coefficient (Wildman–Crippen LogP) is 5.88. The van der Waals surface area contributed by atoms with Gasteiger partial charge in [-0.05, 0) is 81.1 Å². The standard InChI is InChI=1S/C25H35BrN2O4/c1-5-31-24-22(26)23(20-9-7-6-8-10-20)27-28(24)15-18-11-13-19(14-12-18)16-30-17-21(29)32-25(2,3)4/h6-10,18-19H,5,11-17H2,1-4H3. The van der Waals surface area contributed by atoms with E-state index < -0.39 is 5.60 Å². The van der Waals surface area contributed by atoms with Crippen LogP contribution in [0.4, 0.5) is 0 Å². The topological polar surface area (TPSA) is 62.6 Å². The van der Waals surface area contributed by atoms with Crippen molar-refractivity contribution in [3.63, 3.8) is 0 Å². The molecule has 1 aliphatic carbocycles. The van der Waals surface area contributed by atoms with Gasteiger partial charge in [-0.3, -0.25) is 0 Å². The van der Waals surface area contributed by atoms with Crippen LogP contribution in [0, 0.1) is 11.8 Å². The zero-order valence-corrected chi connectivity index (χ0v) is 21.2. The Hall–Kier alpha value is -1.86. The fourth-order valence-electron chi connectivity index (χ4n) is 4.11. The van der Waals surface area contributed by atoms with Crippen molar-refractivity contribution in [3.8, 4) is 17.1 Å². The van der Waals surface area contributed by atoms with E-state index in [0.717, 1.165) is 53.8 Å². The van der Waals surface area contributed by atoms with E-state index in [0.29, 0.717) is 25.0 Å². The normalized spacial score (nSPS) is 19.0. The van der Waals surface area contributed by atoms with Crippen LogP contribution in [0.3, 0.4) is 0 Å². The highest BCUT2D eigenvalue weighted by atomic mass is 79.9. The fourth-order valence-corrected chi connectivity index (χ4v) is 4.74. The molecule has 0 amide bonds. The SMILES string of the molecule is CCOc1c(Br)c(-c2ccccc2)nn1CC1CCC(COCC(=O)OC(C)(C)C)CC1. The van der Waals surface area contributed by atoms with Gasteiger partial charge in [-0.1, -0.05) is 30.3 Å². The minimum atomic E-state index is -0.472. The largest absolute Gasteiger partial charge is 0.477 e. The number of aromatic nitrogens is 2. The number of carbonyl (C=O) groups excluding carboxylic acids is 1. The maximum Gasteiger partial charge on any atom is 0.332 e. The van der Waals surface area contributed by atoms with Gasteiger partial charge in [0.25, 0.3) is 0 Å². The Bertz CT molecular complexity index is 868. The first-order chi connectivity index (χ1) is 15.3. The summed E-state index contributed by atoms with van der Waals surface area (Å²) in [5.74, 6) is 1.54. The molecule has 0 unspecified atom stereocenters. The van der Waals surface area contributed by atoms with Crippen LogP contribution in [0.15, 0.2) is 34.8 Å². The van der Waals surface area contributed by atoms with Crippen LogP contribution in [0.2, 0.25) is 0 Å². The molecule has 1 aliphatic rings.